The number of benzene rings is 2. The molecule has 3 saturated heterocycles. The first-order chi connectivity index (χ1) is 58.5. The van der Waals surface area contributed by atoms with Crippen molar-refractivity contribution in [3.63, 3.8) is 0 Å². The number of carboxylic acid groups (broad SMARTS) is 3. The average molecular weight is 1770 g/mol. The molecular weight excluding hydrogens is 1640 g/mol. The summed E-state index contributed by atoms with van der Waals surface area (Å²) in [5.41, 5.74) is 13.7. The van der Waals surface area contributed by atoms with E-state index in [1.54, 1.807) is 65.9 Å². The molecule has 3 aliphatic heterocycles. The van der Waals surface area contributed by atoms with E-state index in [2.05, 4.69) is 36.9 Å². The number of aliphatic hydroxyl groups is 2. The Hall–Kier alpha value is -7.89. The van der Waals surface area contributed by atoms with Crippen molar-refractivity contribution < 1.29 is 102 Å². The number of nitrogens with one attached hydrogen (secondary N) is 6. The monoisotopic (exact) mass is 1770 g/mol. The molecule has 35 nitrogen and oxygen atoms in total. The number of rotatable bonds is 64. The van der Waals surface area contributed by atoms with Crippen LogP contribution in [-0.4, -0.2) is 324 Å². The van der Waals surface area contributed by atoms with Crippen LogP contribution in [-0.2, 0) is 100 Å². The standard InChI is InChI=1S/C84H134N14O21S3/c1-5-7-9-22-72(102)90-49-64(81(113)98-33-15-21-69(98)82(114)97-32-14-20-68(97)77(86)109)55-121-53-62-45-61(46-63(47-62)54-122-56-67(83(115)116)93-80(112)66(48-60-18-10-8-11-19-60)92-79(111)65(24-25-70(85)100)91-78(110)59(3)6-2)52-120-44-31-89-74(104)27-26-73(103)88-30-17-39-118-41-43-119-42-40-117-38-16-29-87-71(101)23-12-13-28-84(94(4)50-75(105)106)57-95(36-37-99)34-35-96(58-84)51-76(107)108/h8,10-11,18-19,45-47,49,59,64-69,79,92,99,111H,5-7,9,12-17,20-44,48,50-58H2,1-4H3,(H2,85,100)(H2,86,109)(H,87,101)(H,88,103)(H,89,104)(H,91,110)(H,93,112)(H,105,106)(H,107,108)(H,115,116)/b90-49+/t59-,64?,65-,66-,67?,68-,69-,79?,84?/m0/s1. The number of hydrogen-bond donors (Lipinski definition) is 13. The fraction of sp³-hybridized carbons (Fsp3) is 0.690. The maximum Gasteiger partial charge on any atom is 0.327 e. The lowest BCUT2D eigenvalue weighted by atomic mass is 9.88. The van der Waals surface area contributed by atoms with Gasteiger partial charge in [0.2, 0.25) is 59.1 Å². The van der Waals surface area contributed by atoms with Crippen LogP contribution in [0.25, 0.3) is 0 Å². The first-order valence-electron chi connectivity index (χ1n) is 42.7. The molecule has 9 atom stereocenters. The van der Waals surface area contributed by atoms with Crippen LogP contribution in [0.4, 0.5) is 0 Å². The molecular formula is C84H134N14O21S3. The molecule has 122 heavy (non-hydrogen) atoms. The highest BCUT2D eigenvalue weighted by molar-refractivity contribution is 7.99. The number of thioether (sulfide) groups is 3. The number of amides is 10. The van der Waals surface area contributed by atoms with Crippen molar-refractivity contribution in [2.45, 2.75) is 208 Å². The number of unbranched alkanes of at least 4 members (excludes halogenated alkanes) is 3. The lowest BCUT2D eigenvalue weighted by molar-refractivity contribution is -0.146. The minimum atomic E-state index is -1.56. The number of primary amides is 2. The van der Waals surface area contributed by atoms with Crippen LogP contribution in [0.15, 0.2) is 53.5 Å². The average Bonchev–Trinajstić information content (AvgIpc) is 1.52. The van der Waals surface area contributed by atoms with E-state index >= 15 is 0 Å². The smallest absolute Gasteiger partial charge is 0.327 e. The number of aliphatic hydroxyl groups excluding tert-OH is 2. The molecule has 4 unspecified atom stereocenters. The number of likely N-dealkylation sites (tertiary alicyclic amines) is 2. The molecule has 2 aromatic carbocycles. The summed E-state index contributed by atoms with van der Waals surface area (Å²) >= 11 is 4.23. The molecule has 0 saturated carbocycles. The molecule has 684 valence electrons. The highest BCUT2D eigenvalue weighted by atomic mass is 32.2. The van der Waals surface area contributed by atoms with E-state index in [-0.39, 0.29) is 123 Å². The molecule has 0 spiro atoms. The topological polar surface area (TPSA) is 504 Å². The molecule has 3 fully saturated rings. The van der Waals surface area contributed by atoms with Gasteiger partial charge in [-0.15, -0.1) is 0 Å². The summed E-state index contributed by atoms with van der Waals surface area (Å²) < 4.78 is 16.9. The van der Waals surface area contributed by atoms with Gasteiger partial charge in [0.25, 0.3) is 0 Å². The van der Waals surface area contributed by atoms with E-state index in [0.29, 0.717) is 199 Å². The highest BCUT2D eigenvalue weighted by Crippen LogP contribution is 2.31. The second-order valence-electron chi connectivity index (χ2n) is 31.3. The summed E-state index contributed by atoms with van der Waals surface area (Å²) in [4.78, 5) is 181. The van der Waals surface area contributed by atoms with Crippen LogP contribution >= 0.6 is 35.3 Å². The fourth-order valence-corrected chi connectivity index (χ4v) is 17.4. The molecule has 0 aromatic heterocycles. The third-order valence-electron chi connectivity index (χ3n) is 21.4. The van der Waals surface area contributed by atoms with E-state index in [1.807, 2.05) is 36.9 Å². The molecule has 0 bridgehead atoms. The second kappa shape index (κ2) is 59.1. The van der Waals surface area contributed by atoms with Gasteiger partial charge in [0.1, 0.15) is 24.4 Å². The largest absolute Gasteiger partial charge is 0.480 e. The zero-order chi connectivity index (χ0) is 89.2. The minimum absolute atomic E-state index is 0.0126. The van der Waals surface area contributed by atoms with Crippen molar-refractivity contribution >= 4 is 118 Å². The van der Waals surface area contributed by atoms with E-state index in [1.165, 1.54) is 39.5 Å². The third-order valence-corrected chi connectivity index (χ3v) is 24.7. The summed E-state index contributed by atoms with van der Waals surface area (Å²) in [6.45, 7) is 11.1. The Bertz CT molecular complexity index is 3640. The maximum atomic E-state index is 14.7. The first-order valence-corrected chi connectivity index (χ1v) is 46.2. The Morgan fingerprint density at radius 3 is 1.80 bits per heavy atom. The lowest BCUT2D eigenvalue weighted by Crippen LogP contribution is -2.59. The predicted molar refractivity (Wildman–Crippen MR) is 466 cm³/mol. The van der Waals surface area contributed by atoms with Gasteiger partial charge in [-0.25, -0.2) is 9.79 Å². The van der Waals surface area contributed by atoms with Crippen molar-refractivity contribution in [3.8, 4) is 0 Å². The molecule has 15 N–H and O–H groups in total. The van der Waals surface area contributed by atoms with Crippen molar-refractivity contribution in [1.82, 2.24) is 56.4 Å². The molecule has 2 aromatic rings. The Balaban J connectivity index is 1.08. The van der Waals surface area contributed by atoms with Gasteiger partial charge in [-0.3, -0.25) is 77.6 Å². The molecule has 0 radical (unpaired) electrons. The molecule has 3 aliphatic rings. The number of nitrogens with two attached hydrogens (primary N) is 2. The molecule has 38 heteroatoms. The van der Waals surface area contributed by atoms with Gasteiger partial charge < -0.3 is 87.6 Å². The normalized spacial score (nSPS) is 17.9. The van der Waals surface area contributed by atoms with Crippen molar-refractivity contribution in [2.24, 2.45) is 28.3 Å². The second-order valence-corrected chi connectivity index (χ2v) is 34.5. The fourth-order valence-electron chi connectivity index (χ4n) is 14.6. The zero-order valence-corrected chi connectivity index (χ0v) is 73.9. The number of aliphatic carboxylic acids is 3. The van der Waals surface area contributed by atoms with Gasteiger partial charge in [0, 0.05) is 163 Å². The van der Waals surface area contributed by atoms with E-state index < -0.39 is 89.4 Å². The molecule has 10 amide bonds. The van der Waals surface area contributed by atoms with Crippen LogP contribution in [0.2, 0.25) is 0 Å². The number of β-amino-alcohol motifs (C(OH)–C–C–N with tert-alkyl or cyclic N) is 1. The van der Waals surface area contributed by atoms with Crippen LogP contribution < -0.4 is 43.4 Å². The van der Waals surface area contributed by atoms with Crippen LogP contribution in [0.5, 0.6) is 0 Å². The summed E-state index contributed by atoms with van der Waals surface area (Å²) in [6.07, 6.45) is 7.73. The number of carboxylic acids is 3. The minimum Gasteiger partial charge on any atom is -0.480 e. The van der Waals surface area contributed by atoms with Crippen LogP contribution in [0.1, 0.15) is 165 Å². The van der Waals surface area contributed by atoms with E-state index in [4.69, 9.17) is 25.7 Å². The first kappa shape index (κ1) is 105. The number of aliphatic imine (C=N–C) groups is 1. The maximum absolute atomic E-state index is 14.7. The van der Waals surface area contributed by atoms with Crippen LogP contribution in [0, 0.1) is 11.8 Å². The number of hydrogen-bond acceptors (Lipinski definition) is 25. The quantitative estimate of drug-likeness (QED) is 0.0257. The van der Waals surface area contributed by atoms with Gasteiger partial charge in [0.15, 0.2) is 0 Å². The summed E-state index contributed by atoms with van der Waals surface area (Å²) in [7, 11) is 1.72. The Morgan fingerprint density at radius 1 is 0.631 bits per heavy atom. The molecule has 3 heterocycles. The van der Waals surface area contributed by atoms with Gasteiger partial charge >= 0.3 is 17.9 Å². The third kappa shape index (κ3) is 40.8. The SMILES string of the molecule is CCCCCC(=O)/N=C/C(CSCc1cc(CSCCNC(=O)CCC(=O)NCCCOCCOCCOCCCNC(=O)CCCCC2(N(C)CC(=O)O)CN(CCO)CCN(CC(=O)O)C2)cc(CSCC(NC(=O)[C@H](Cc2ccccc2)NC(O)[C@H](CCC(N)=O)NC(=O)[C@@H](C)CC)C(=O)O)c1)C(=O)N1CCC[C@H]1C(=O)N1CCC[C@H]1C(N)=O. The number of ether oxygens (including phenoxy) is 3. The van der Waals surface area contributed by atoms with Crippen molar-refractivity contribution in [1.29, 1.82) is 0 Å². The van der Waals surface area contributed by atoms with Gasteiger partial charge in [-0.2, -0.15) is 35.3 Å². The van der Waals surface area contributed by atoms with Gasteiger partial charge in [0.05, 0.1) is 64.1 Å². The molecule has 0 aliphatic carbocycles. The Labute approximate surface area is 729 Å². The lowest BCUT2D eigenvalue weighted by Gasteiger charge is -2.44. The van der Waals surface area contributed by atoms with E-state index in [9.17, 15) is 87.9 Å². The summed E-state index contributed by atoms with van der Waals surface area (Å²) in [5, 5.41) is 67.9. The number of nitrogens with zero attached hydrogens (tertiary/aromatic N) is 6. The van der Waals surface area contributed by atoms with Gasteiger partial charge in [-0.05, 0) is 106 Å². The predicted octanol–water partition coefficient (Wildman–Crippen LogP) is 2.50. The Kier molecular flexibility index (Phi) is 50.7. The van der Waals surface area contributed by atoms with E-state index in [0.717, 1.165) is 29.5 Å². The van der Waals surface area contributed by atoms with Gasteiger partial charge in [-0.1, -0.05) is 88.6 Å². The number of likely N-dealkylation sites (N-methyl/N-ethyl adjacent to an activating group) is 1. The summed E-state index contributed by atoms with van der Waals surface area (Å²) in [6, 6.07) is 9.59. The van der Waals surface area contributed by atoms with Crippen molar-refractivity contribution in [2.75, 3.05) is 149 Å². The number of carbonyl (C=O) groups is 13. The Morgan fingerprint density at radius 2 is 1.20 bits per heavy atom. The molecule has 5 rings (SSSR count). The van der Waals surface area contributed by atoms with Crippen molar-refractivity contribution in [3.05, 3.63) is 70.8 Å². The van der Waals surface area contributed by atoms with Crippen LogP contribution in [0.3, 0.4) is 0 Å². The summed E-state index contributed by atoms with van der Waals surface area (Å²) in [5.74, 6) is -7.03. The zero-order valence-electron chi connectivity index (χ0n) is 71.5. The number of carbonyl (C=O) groups excluding carboxylic acids is 10. The highest BCUT2D eigenvalue weighted by Gasteiger charge is 2.44.